The van der Waals surface area contributed by atoms with Crippen molar-refractivity contribution in [3.05, 3.63) is 60.2 Å². The third-order valence-electron chi connectivity index (χ3n) is 4.16. The summed E-state index contributed by atoms with van der Waals surface area (Å²) in [6, 6.07) is 10.0. The first kappa shape index (κ1) is 19.4. The monoisotopic (exact) mass is 378 g/mol. The summed E-state index contributed by atoms with van der Waals surface area (Å²) in [6.45, 7) is 4.50. The molecule has 6 nitrogen and oxygen atoms in total. The molecule has 3 rings (SSSR count). The number of rotatable bonds is 8. The van der Waals surface area contributed by atoms with Gasteiger partial charge in [-0.05, 0) is 37.6 Å². The van der Waals surface area contributed by atoms with Crippen molar-refractivity contribution < 1.29 is 4.39 Å². The Morgan fingerprint density at radius 2 is 1.79 bits per heavy atom. The number of hydrogen-bond acceptors (Lipinski definition) is 6. The summed E-state index contributed by atoms with van der Waals surface area (Å²) in [4.78, 5) is 13.1. The van der Waals surface area contributed by atoms with Crippen LogP contribution in [0.25, 0.3) is 11.4 Å². The van der Waals surface area contributed by atoms with Crippen LogP contribution in [-0.4, -0.2) is 27.2 Å². The van der Waals surface area contributed by atoms with Crippen molar-refractivity contribution in [1.29, 1.82) is 5.41 Å². The zero-order valence-electron chi connectivity index (χ0n) is 16.0. The Balaban J connectivity index is 2.13. The van der Waals surface area contributed by atoms with Gasteiger partial charge in [0.25, 0.3) is 0 Å². The number of anilines is 3. The number of pyridine rings is 1. The van der Waals surface area contributed by atoms with Gasteiger partial charge in [-0.3, -0.25) is 4.98 Å². The maximum absolute atomic E-state index is 14.4. The highest BCUT2D eigenvalue weighted by Crippen LogP contribution is 2.29. The largest absolute Gasteiger partial charge is 0.369 e. The van der Waals surface area contributed by atoms with Crippen molar-refractivity contribution in [3.63, 3.8) is 0 Å². The van der Waals surface area contributed by atoms with Gasteiger partial charge in [0.1, 0.15) is 17.5 Å². The van der Waals surface area contributed by atoms with Crippen molar-refractivity contribution in [2.45, 2.75) is 26.7 Å². The van der Waals surface area contributed by atoms with E-state index >= 15 is 0 Å². The van der Waals surface area contributed by atoms with Crippen molar-refractivity contribution in [3.8, 4) is 11.4 Å². The van der Waals surface area contributed by atoms with E-state index in [1.165, 1.54) is 6.07 Å². The van der Waals surface area contributed by atoms with Crippen molar-refractivity contribution in [2.75, 3.05) is 17.2 Å². The molecule has 2 aromatic heterocycles. The predicted octanol–water partition coefficient (Wildman–Crippen LogP) is 5.02. The second kappa shape index (κ2) is 9.03. The van der Waals surface area contributed by atoms with Gasteiger partial charge in [-0.1, -0.05) is 25.5 Å². The van der Waals surface area contributed by atoms with Crippen LogP contribution < -0.4 is 10.6 Å². The summed E-state index contributed by atoms with van der Waals surface area (Å²) >= 11 is 0. The molecular weight excluding hydrogens is 355 g/mol. The normalized spacial score (nSPS) is 10.5. The average Bonchev–Trinajstić information content (AvgIpc) is 2.69. The van der Waals surface area contributed by atoms with Gasteiger partial charge in [0.05, 0.1) is 11.1 Å². The maximum atomic E-state index is 14.4. The molecule has 28 heavy (non-hydrogen) atoms. The van der Waals surface area contributed by atoms with E-state index < -0.39 is 5.82 Å². The fourth-order valence-corrected chi connectivity index (χ4v) is 2.75. The number of hydrogen-bond donors (Lipinski definition) is 3. The Bertz CT molecular complexity index is 958. The topological polar surface area (TPSA) is 86.6 Å². The number of nitrogens with one attached hydrogen (secondary N) is 3. The molecule has 0 fully saturated rings. The number of halogens is 1. The molecule has 0 unspecified atom stereocenters. The van der Waals surface area contributed by atoms with E-state index in [1.54, 1.807) is 49.6 Å². The van der Waals surface area contributed by atoms with E-state index in [0.717, 1.165) is 18.5 Å². The van der Waals surface area contributed by atoms with Gasteiger partial charge in [0, 0.05) is 30.3 Å². The first-order chi connectivity index (χ1) is 13.6. The summed E-state index contributed by atoms with van der Waals surface area (Å²) in [5, 5.41) is 14.7. The highest BCUT2D eigenvalue weighted by Gasteiger charge is 2.19. The zero-order valence-corrected chi connectivity index (χ0v) is 16.0. The smallest absolute Gasteiger partial charge is 0.166 e. The molecular formula is C21H23FN6. The van der Waals surface area contributed by atoms with Crippen molar-refractivity contribution in [2.24, 2.45) is 0 Å². The van der Waals surface area contributed by atoms with Gasteiger partial charge in [-0.25, -0.2) is 14.4 Å². The molecule has 0 saturated carbocycles. The summed E-state index contributed by atoms with van der Waals surface area (Å²) in [5.41, 5.74) is 1.96. The summed E-state index contributed by atoms with van der Waals surface area (Å²) < 4.78 is 14.4. The lowest BCUT2D eigenvalue weighted by molar-refractivity contribution is 0.630. The third-order valence-corrected chi connectivity index (χ3v) is 4.16. The third kappa shape index (κ3) is 4.49. The van der Waals surface area contributed by atoms with Crippen LogP contribution in [0.2, 0.25) is 0 Å². The molecule has 3 aromatic rings. The fourth-order valence-electron chi connectivity index (χ4n) is 2.75. The Morgan fingerprint density at radius 1 is 1.07 bits per heavy atom. The van der Waals surface area contributed by atoms with Crippen LogP contribution in [0.1, 0.15) is 32.3 Å². The average molecular weight is 378 g/mol. The zero-order chi connectivity index (χ0) is 19.9. The van der Waals surface area contributed by atoms with Crippen LogP contribution in [0, 0.1) is 11.2 Å². The number of benzene rings is 1. The van der Waals surface area contributed by atoms with E-state index in [-0.39, 0.29) is 5.82 Å². The summed E-state index contributed by atoms with van der Waals surface area (Å²) in [7, 11) is 0. The minimum atomic E-state index is -0.392. The van der Waals surface area contributed by atoms with Gasteiger partial charge in [-0.2, -0.15) is 0 Å². The van der Waals surface area contributed by atoms with Crippen LogP contribution in [0.15, 0.2) is 48.8 Å². The molecule has 2 heterocycles. The Kier molecular flexibility index (Phi) is 6.26. The Hall–Kier alpha value is -3.35. The Labute approximate surface area is 163 Å². The molecule has 7 heteroatoms. The lowest BCUT2D eigenvalue weighted by Crippen LogP contribution is -2.13. The van der Waals surface area contributed by atoms with E-state index in [9.17, 15) is 4.39 Å². The molecule has 1 aromatic carbocycles. The maximum Gasteiger partial charge on any atom is 0.166 e. The van der Waals surface area contributed by atoms with Crippen molar-refractivity contribution >= 4 is 23.0 Å². The second-order valence-corrected chi connectivity index (χ2v) is 6.37. The second-order valence-electron chi connectivity index (χ2n) is 6.37. The van der Waals surface area contributed by atoms with Crippen LogP contribution >= 0.6 is 0 Å². The number of unbranched alkanes of at least 4 members (excludes halogenated alkanes) is 1. The minimum absolute atomic E-state index is 0.263. The summed E-state index contributed by atoms with van der Waals surface area (Å²) in [6.07, 6.45) is 5.32. The molecule has 0 saturated heterocycles. The minimum Gasteiger partial charge on any atom is -0.369 e. The van der Waals surface area contributed by atoms with E-state index in [4.69, 9.17) is 5.41 Å². The van der Waals surface area contributed by atoms with Crippen molar-refractivity contribution in [1.82, 2.24) is 15.0 Å². The summed E-state index contributed by atoms with van der Waals surface area (Å²) in [5.74, 6) is 0.839. The highest BCUT2D eigenvalue weighted by atomic mass is 19.1. The molecule has 0 amide bonds. The van der Waals surface area contributed by atoms with Gasteiger partial charge in [-0.15, -0.1) is 0 Å². The van der Waals surface area contributed by atoms with Crippen LogP contribution in [0.5, 0.6) is 0 Å². The molecule has 144 valence electrons. The van der Waals surface area contributed by atoms with Gasteiger partial charge >= 0.3 is 0 Å². The molecule has 0 bridgehead atoms. The van der Waals surface area contributed by atoms with Gasteiger partial charge in [0.2, 0.25) is 0 Å². The van der Waals surface area contributed by atoms with Gasteiger partial charge < -0.3 is 16.0 Å². The molecule has 0 atom stereocenters. The lowest BCUT2D eigenvalue weighted by Gasteiger charge is -2.17. The number of aromatic nitrogens is 3. The van der Waals surface area contributed by atoms with E-state index in [1.807, 2.05) is 0 Å². The van der Waals surface area contributed by atoms with Crippen LogP contribution in [0.3, 0.4) is 0 Å². The quantitative estimate of drug-likeness (QED) is 0.378. The molecule has 0 aliphatic heterocycles. The standard InChI is InChI=1S/C21H23FN6/c1-3-4-11-25-20-18(14(2)23)21(26-15-9-12-24-13-10-15)28-19(27-20)16-7-5-6-8-17(16)22/h5-10,12-13,23H,3-4,11H2,1-2H3,(H2,24,25,26,27,28). The number of nitrogens with zero attached hydrogens (tertiary/aromatic N) is 3. The van der Waals surface area contributed by atoms with Crippen LogP contribution in [-0.2, 0) is 0 Å². The SMILES string of the molecule is CCCCNc1nc(-c2ccccc2F)nc(Nc2ccncc2)c1C(C)=N. The molecule has 3 N–H and O–H groups in total. The lowest BCUT2D eigenvalue weighted by atomic mass is 10.1. The Morgan fingerprint density at radius 3 is 2.46 bits per heavy atom. The molecule has 0 spiro atoms. The molecule has 0 radical (unpaired) electrons. The van der Waals surface area contributed by atoms with Crippen LogP contribution in [0.4, 0.5) is 21.7 Å². The molecule has 0 aliphatic carbocycles. The first-order valence-corrected chi connectivity index (χ1v) is 9.23. The van der Waals surface area contributed by atoms with E-state index in [0.29, 0.717) is 35.0 Å². The van der Waals surface area contributed by atoms with E-state index in [2.05, 4.69) is 32.5 Å². The molecule has 0 aliphatic rings. The first-order valence-electron chi connectivity index (χ1n) is 9.23. The predicted molar refractivity (Wildman–Crippen MR) is 111 cm³/mol. The highest BCUT2D eigenvalue weighted by molar-refractivity contribution is 6.05. The van der Waals surface area contributed by atoms with Gasteiger partial charge in [0.15, 0.2) is 5.82 Å². The fraction of sp³-hybridized carbons (Fsp3) is 0.238.